The van der Waals surface area contributed by atoms with E-state index in [0.29, 0.717) is 0 Å². The minimum atomic E-state index is 1.26. The molecule has 0 nitrogen and oxygen atoms in total. The van der Waals surface area contributed by atoms with Crippen molar-refractivity contribution in [3.8, 4) is 11.1 Å². The summed E-state index contributed by atoms with van der Waals surface area (Å²) in [5.41, 5.74) is 8.93. The van der Waals surface area contributed by atoms with Crippen LogP contribution >= 0.6 is 0 Å². The second-order valence-electron chi connectivity index (χ2n) is 9.13. The standard InChI is InChI=1S/C33H32/c1-23(2)10-11-24(3)25(4)12-13-26(5)28-15-17-32-22-33(19-18-30(32)20-28)31-16-14-27-8-6-7-9-29(27)21-31/h6-22H,1-5H3/b24-11+,25-12+,26-13+. The molecule has 0 heterocycles. The number of hydrogen-bond acceptors (Lipinski definition) is 0. The van der Waals surface area contributed by atoms with Crippen LogP contribution in [0.2, 0.25) is 0 Å². The molecule has 0 heteroatoms. The van der Waals surface area contributed by atoms with Crippen molar-refractivity contribution in [3.63, 3.8) is 0 Å². The smallest absolute Gasteiger partial charge is 0.0177 e. The molecule has 0 N–H and O–H groups in total. The predicted molar refractivity (Wildman–Crippen MR) is 147 cm³/mol. The maximum absolute atomic E-state index is 2.30. The van der Waals surface area contributed by atoms with Crippen LogP contribution in [0.15, 0.2) is 120 Å². The molecule has 0 aliphatic rings. The molecule has 0 saturated heterocycles. The third-order valence-electron chi connectivity index (χ3n) is 6.25. The summed E-state index contributed by atoms with van der Waals surface area (Å²) in [6.07, 6.45) is 8.79. The Labute approximate surface area is 198 Å². The van der Waals surface area contributed by atoms with Crippen LogP contribution in [0, 0.1) is 0 Å². The lowest BCUT2D eigenvalue weighted by Crippen LogP contribution is -1.84. The van der Waals surface area contributed by atoms with E-state index in [2.05, 4.69) is 138 Å². The van der Waals surface area contributed by atoms with Crippen molar-refractivity contribution < 1.29 is 0 Å². The van der Waals surface area contributed by atoms with Crippen LogP contribution in [0.5, 0.6) is 0 Å². The molecule has 0 spiro atoms. The molecule has 4 aromatic carbocycles. The van der Waals surface area contributed by atoms with Gasteiger partial charge in [0.25, 0.3) is 0 Å². The molecule has 0 aliphatic carbocycles. The van der Waals surface area contributed by atoms with Gasteiger partial charge in [-0.1, -0.05) is 90.5 Å². The molecule has 4 rings (SSSR count). The SMILES string of the molecule is CC(C)=C/C=C(C)/C(C)=C/C=C(\C)c1ccc2cc(-c3ccc4ccccc4c3)ccc2c1. The van der Waals surface area contributed by atoms with E-state index in [1.165, 1.54) is 60.5 Å². The molecule has 0 unspecified atom stereocenters. The first-order valence-electron chi connectivity index (χ1n) is 11.6. The monoisotopic (exact) mass is 428 g/mol. The summed E-state index contributed by atoms with van der Waals surface area (Å²) in [7, 11) is 0. The second-order valence-corrected chi connectivity index (χ2v) is 9.13. The van der Waals surface area contributed by atoms with Crippen LogP contribution in [-0.4, -0.2) is 0 Å². The van der Waals surface area contributed by atoms with E-state index in [-0.39, 0.29) is 0 Å². The van der Waals surface area contributed by atoms with Gasteiger partial charge in [-0.2, -0.15) is 0 Å². The zero-order valence-corrected chi connectivity index (χ0v) is 20.3. The van der Waals surface area contributed by atoms with Crippen molar-refractivity contribution in [2.75, 3.05) is 0 Å². The van der Waals surface area contributed by atoms with E-state index in [4.69, 9.17) is 0 Å². The molecule has 0 fully saturated rings. The summed E-state index contributed by atoms with van der Waals surface area (Å²) in [6.45, 7) is 10.8. The first-order chi connectivity index (χ1) is 15.9. The Kier molecular flexibility index (Phi) is 6.75. The highest BCUT2D eigenvalue weighted by molar-refractivity contribution is 5.92. The lowest BCUT2D eigenvalue weighted by Gasteiger charge is -2.08. The summed E-state index contributed by atoms with van der Waals surface area (Å²) in [5, 5.41) is 5.09. The Bertz CT molecular complexity index is 1430. The van der Waals surface area contributed by atoms with Gasteiger partial charge >= 0.3 is 0 Å². The maximum Gasteiger partial charge on any atom is -0.0177 e. The Morgan fingerprint density at radius 3 is 1.67 bits per heavy atom. The average molecular weight is 429 g/mol. The molecule has 0 radical (unpaired) electrons. The zero-order valence-electron chi connectivity index (χ0n) is 20.3. The Balaban J connectivity index is 1.60. The van der Waals surface area contributed by atoms with Crippen molar-refractivity contribution in [3.05, 3.63) is 125 Å². The number of benzene rings is 4. The Morgan fingerprint density at radius 2 is 1.00 bits per heavy atom. The maximum atomic E-state index is 2.30. The van der Waals surface area contributed by atoms with Crippen LogP contribution in [0.4, 0.5) is 0 Å². The Hall–Kier alpha value is -3.64. The molecular formula is C33H32. The molecule has 0 aromatic heterocycles. The molecule has 33 heavy (non-hydrogen) atoms. The summed E-state index contributed by atoms with van der Waals surface area (Å²) >= 11 is 0. The van der Waals surface area contributed by atoms with Crippen LogP contribution in [0.25, 0.3) is 38.2 Å². The zero-order chi connectivity index (χ0) is 23.4. The van der Waals surface area contributed by atoms with Crippen molar-refractivity contribution in [1.82, 2.24) is 0 Å². The van der Waals surface area contributed by atoms with E-state index >= 15 is 0 Å². The van der Waals surface area contributed by atoms with Gasteiger partial charge in [-0.25, -0.2) is 0 Å². The van der Waals surface area contributed by atoms with Gasteiger partial charge in [0, 0.05) is 0 Å². The lowest BCUT2D eigenvalue weighted by molar-refractivity contribution is 1.33. The molecule has 0 bridgehead atoms. The quantitative estimate of drug-likeness (QED) is 0.277. The van der Waals surface area contributed by atoms with Crippen LogP contribution in [0.3, 0.4) is 0 Å². The summed E-state index contributed by atoms with van der Waals surface area (Å²) in [6, 6.07) is 28.8. The normalized spacial score (nSPS) is 12.9. The van der Waals surface area contributed by atoms with Gasteiger partial charge in [0.1, 0.15) is 0 Å². The fraction of sp³-hybridized carbons (Fsp3) is 0.152. The fourth-order valence-corrected chi connectivity index (χ4v) is 3.94. The van der Waals surface area contributed by atoms with Gasteiger partial charge in [0.2, 0.25) is 0 Å². The summed E-state index contributed by atoms with van der Waals surface area (Å²) in [4.78, 5) is 0. The first-order valence-corrected chi connectivity index (χ1v) is 11.6. The summed E-state index contributed by atoms with van der Waals surface area (Å²) < 4.78 is 0. The highest BCUT2D eigenvalue weighted by Gasteiger charge is 2.04. The van der Waals surface area contributed by atoms with E-state index in [1.54, 1.807) is 0 Å². The van der Waals surface area contributed by atoms with Crippen molar-refractivity contribution in [1.29, 1.82) is 0 Å². The molecule has 0 aliphatic heterocycles. The fourth-order valence-electron chi connectivity index (χ4n) is 3.94. The van der Waals surface area contributed by atoms with Gasteiger partial charge in [0.05, 0.1) is 0 Å². The van der Waals surface area contributed by atoms with Crippen LogP contribution < -0.4 is 0 Å². The van der Waals surface area contributed by atoms with Crippen molar-refractivity contribution in [2.45, 2.75) is 34.6 Å². The van der Waals surface area contributed by atoms with E-state index in [1.807, 2.05) is 0 Å². The number of rotatable bonds is 5. The predicted octanol–water partition coefficient (Wildman–Crippen LogP) is 9.92. The second kappa shape index (κ2) is 9.88. The minimum absolute atomic E-state index is 1.26. The van der Waals surface area contributed by atoms with Gasteiger partial charge in [0.15, 0.2) is 0 Å². The average Bonchev–Trinajstić information content (AvgIpc) is 2.84. The van der Waals surface area contributed by atoms with Gasteiger partial charge in [-0.05, 0) is 108 Å². The highest BCUT2D eigenvalue weighted by atomic mass is 14.1. The topological polar surface area (TPSA) is 0 Å². The molecule has 0 saturated carbocycles. The molecule has 164 valence electrons. The van der Waals surface area contributed by atoms with Gasteiger partial charge in [-0.15, -0.1) is 0 Å². The van der Waals surface area contributed by atoms with Gasteiger partial charge < -0.3 is 0 Å². The third-order valence-corrected chi connectivity index (χ3v) is 6.25. The molecule has 4 aromatic rings. The van der Waals surface area contributed by atoms with E-state index in [0.717, 1.165) is 0 Å². The molecular weight excluding hydrogens is 396 g/mol. The highest BCUT2D eigenvalue weighted by Crippen LogP contribution is 2.29. The van der Waals surface area contributed by atoms with E-state index < -0.39 is 0 Å². The lowest BCUT2D eigenvalue weighted by atomic mass is 9.96. The van der Waals surface area contributed by atoms with Crippen LogP contribution in [-0.2, 0) is 0 Å². The largest absolute Gasteiger partial charge is 0.0764 e. The summed E-state index contributed by atoms with van der Waals surface area (Å²) in [5.74, 6) is 0. The number of allylic oxidation sites excluding steroid dienone is 8. The third kappa shape index (κ3) is 5.41. The number of hydrogen-bond donors (Lipinski definition) is 0. The minimum Gasteiger partial charge on any atom is -0.0764 e. The van der Waals surface area contributed by atoms with Crippen molar-refractivity contribution in [2.24, 2.45) is 0 Å². The van der Waals surface area contributed by atoms with Gasteiger partial charge in [-0.3, -0.25) is 0 Å². The van der Waals surface area contributed by atoms with Crippen LogP contribution in [0.1, 0.15) is 40.2 Å². The first kappa shape index (κ1) is 22.6. The van der Waals surface area contributed by atoms with E-state index in [9.17, 15) is 0 Å². The molecule has 0 atom stereocenters. The Morgan fingerprint density at radius 1 is 0.485 bits per heavy atom. The van der Waals surface area contributed by atoms with Crippen molar-refractivity contribution >= 4 is 27.1 Å². The molecule has 0 amide bonds. The number of fused-ring (bicyclic) bond motifs is 2.